The molecule has 0 saturated heterocycles. The number of nitro groups is 1. The third kappa shape index (κ3) is 6.27. The molecule has 0 spiro atoms. The van der Waals surface area contributed by atoms with Crippen LogP contribution in [0.15, 0.2) is 42.5 Å². The van der Waals surface area contributed by atoms with Gasteiger partial charge < -0.3 is 20.1 Å². The van der Waals surface area contributed by atoms with E-state index in [1.807, 2.05) is 0 Å². The van der Waals surface area contributed by atoms with Crippen LogP contribution in [0.1, 0.15) is 10.4 Å². The maximum absolute atomic E-state index is 12.8. The van der Waals surface area contributed by atoms with Crippen molar-refractivity contribution in [3.63, 3.8) is 0 Å². The molecule has 11 heteroatoms. The Labute approximate surface area is 163 Å². The Morgan fingerprint density at radius 2 is 1.83 bits per heavy atom. The summed E-state index contributed by atoms with van der Waals surface area (Å²) in [6, 6.07) is 8.30. The Kier molecular flexibility index (Phi) is 7.18. The molecular formula is C18H16FN3O7. The van der Waals surface area contributed by atoms with Crippen LogP contribution < -0.4 is 15.4 Å². The minimum atomic E-state index is -0.887. The first-order valence-corrected chi connectivity index (χ1v) is 8.12. The second-order valence-electron chi connectivity index (χ2n) is 5.54. The maximum atomic E-state index is 12.8. The summed E-state index contributed by atoms with van der Waals surface area (Å²) in [5.41, 5.74) is -0.0799. The SMILES string of the molecule is COc1ccc([N+](=O)[O-])cc1NC(=O)COC(=O)CNC(=O)c1ccc(F)cc1. The number of hydrogen-bond donors (Lipinski definition) is 2. The summed E-state index contributed by atoms with van der Waals surface area (Å²) in [7, 11) is 1.32. The van der Waals surface area contributed by atoms with E-state index < -0.39 is 41.7 Å². The summed E-state index contributed by atoms with van der Waals surface area (Å²) in [6.07, 6.45) is 0. The van der Waals surface area contributed by atoms with Crippen LogP contribution in [-0.4, -0.2) is 43.0 Å². The lowest BCUT2D eigenvalue weighted by Gasteiger charge is -2.10. The number of benzene rings is 2. The zero-order valence-corrected chi connectivity index (χ0v) is 15.1. The van der Waals surface area contributed by atoms with Crippen molar-refractivity contribution >= 4 is 29.2 Å². The Balaban J connectivity index is 1.83. The second kappa shape index (κ2) is 9.78. The first-order chi connectivity index (χ1) is 13.8. The monoisotopic (exact) mass is 405 g/mol. The molecule has 0 aliphatic rings. The van der Waals surface area contributed by atoms with Crippen LogP contribution >= 0.6 is 0 Å². The van der Waals surface area contributed by atoms with Gasteiger partial charge in [-0.1, -0.05) is 0 Å². The topological polar surface area (TPSA) is 137 Å². The van der Waals surface area contributed by atoms with E-state index in [4.69, 9.17) is 9.47 Å². The number of nitrogens with one attached hydrogen (secondary N) is 2. The van der Waals surface area contributed by atoms with Crippen molar-refractivity contribution in [2.24, 2.45) is 0 Å². The number of non-ortho nitro benzene ring substituents is 1. The molecule has 2 aromatic carbocycles. The third-order valence-corrected chi connectivity index (χ3v) is 3.53. The number of methoxy groups -OCH3 is 1. The van der Waals surface area contributed by atoms with Crippen molar-refractivity contribution in [3.05, 3.63) is 64.0 Å². The molecule has 0 saturated carbocycles. The van der Waals surface area contributed by atoms with Gasteiger partial charge in [-0.05, 0) is 30.3 Å². The molecule has 0 unspecified atom stereocenters. The van der Waals surface area contributed by atoms with Crippen molar-refractivity contribution in [3.8, 4) is 5.75 Å². The molecule has 0 aliphatic heterocycles. The average molecular weight is 405 g/mol. The summed E-state index contributed by atoms with van der Waals surface area (Å²) < 4.78 is 22.6. The van der Waals surface area contributed by atoms with Crippen molar-refractivity contribution < 1.29 is 33.2 Å². The van der Waals surface area contributed by atoms with Gasteiger partial charge in [-0.2, -0.15) is 0 Å². The summed E-state index contributed by atoms with van der Waals surface area (Å²) in [4.78, 5) is 45.6. The van der Waals surface area contributed by atoms with Gasteiger partial charge in [0.05, 0.1) is 17.7 Å². The van der Waals surface area contributed by atoms with E-state index in [2.05, 4.69) is 10.6 Å². The van der Waals surface area contributed by atoms with Gasteiger partial charge in [0.25, 0.3) is 17.5 Å². The predicted octanol–water partition coefficient (Wildman–Crippen LogP) is 1.65. The van der Waals surface area contributed by atoms with E-state index in [-0.39, 0.29) is 22.7 Å². The van der Waals surface area contributed by atoms with E-state index >= 15 is 0 Å². The highest BCUT2D eigenvalue weighted by Crippen LogP contribution is 2.28. The number of rotatable bonds is 8. The van der Waals surface area contributed by atoms with E-state index in [0.717, 1.165) is 18.2 Å². The first-order valence-electron chi connectivity index (χ1n) is 8.12. The van der Waals surface area contributed by atoms with E-state index in [1.54, 1.807) is 0 Å². The van der Waals surface area contributed by atoms with Gasteiger partial charge in [0, 0.05) is 17.7 Å². The number of carbonyl (C=O) groups is 3. The highest BCUT2D eigenvalue weighted by Gasteiger charge is 2.15. The molecule has 2 N–H and O–H groups in total. The maximum Gasteiger partial charge on any atom is 0.325 e. The summed E-state index contributed by atoms with van der Waals surface area (Å²) in [5, 5.41) is 15.4. The van der Waals surface area contributed by atoms with E-state index in [0.29, 0.717) is 0 Å². The van der Waals surface area contributed by atoms with E-state index in [1.165, 1.54) is 31.4 Å². The molecule has 0 bridgehead atoms. The average Bonchev–Trinajstić information content (AvgIpc) is 2.70. The van der Waals surface area contributed by atoms with Crippen LogP contribution in [0.25, 0.3) is 0 Å². The largest absolute Gasteiger partial charge is 0.495 e. The molecule has 0 radical (unpaired) electrons. The lowest BCUT2D eigenvalue weighted by Crippen LogP contribution is -2.32. The molecule has 10 nitrogen and oxygen atoms in total. The van der Waals surface area contributed by atoms with Crippen LogP contribution in [0, 0.1) is 15.9 Å². The second-order valence-corrected chi connectivity index (χ2v) is 5.54. The van der Waals surface area contributed by atoms with Gasteiger partial charge in [-0.3, -0.25) is 24.5 Å². The molecule has 0 aliphatic carbocycles. The third-order valence-electron chi connectivity index (χ3n) is 3.53. The fourth-order valence-corrected chi connectivity index (χ4v) is 2.15. The molecule has 29 heavy (non-hydrogen) atoms. The number of halogens is 1. The van der Waals surface area contributed by atoms with Crippen LogP contribution in [-0.2, 0) is 14.3 Å². The molecule has 0 fully saturated rings. The number of ether oxygens (including phenoxy) is 2. The minimum Gasteiger partial charge on any atom is -0.495 e. The molecule has 152 valence electrons. The van der Waals surface area contributed by atoms with Gasteiger partial charge in [0.15, 0.2) is 6.61 Å². The number of amides is 2. The molecule has 2 aromatic rings. The number of nitrogens with zero attached hydrogens (tertiary/aromatic N) is 1. The number of carbonyl (C=O) groups excluding carboxylic acids is 3. The van der Waals surface area contributed by atoms with Crippen molar-refractivity contribution in [2.75, 3.05) is 25.6 Å². The fourth-order valence-electron chi connectivity index (χ4n) is 2.15. The lowest BCUT2D eigenvalue weighted by atomic mass is 10.2. The zero-order chi connectivity index (χ0) is 21.4. The van der Waals surface area contributed by atoms with Crippen molar-refractivity contribution in [2.45, 2.75) is 0 Å². The van der Waals surface area contributed by atoms with Crippen LogP contribution in [0.2, 0.25) is 0 Å². The van der Waals surface area contributed by atoms with Gasteiger partial charge in [0.2, 0.25) is 0 Å². The Bertz CT molecular complexity index is 932. The van der Waals surface area contributed by atoms with Gasteiger partial charge in [-0.25, -0.2) is 4.39 Å². The lowest BCUT2D eigenvalue weighted by molar-refractivity contribution is -0.384. The number of nitro benzene ring substituents is 1. The smallest absolute Gasteiger partial charge is 0.325 e. The quantitative estimate of drug-likeness (QED) is 0.387. The molecule has 0 atom stereocenters. The molecule has 2 amide bonds. The standard InChI is InChI=1S/C18H16FN3O7/c1-28-15-7-6-13(22(26)27)8-14(15)21-16(23)10-29-17(24)9-20-18(25)11-2-4-12(19)5-3-11/h2-8H,9-10H2,1H3,(H,20,25)(H,21,23). The number of anilines is 1. The van der Waals surface area contributed by atoms with Gasteiger partial charge in [-0.15, -0.1) is 0 Å². The highest BCUT2D eigenvalue weighted by molar-refractivity contribution is 5.97. The van der Waals surface area contributed by atoms with Gasteiger partial charge in [0.1, 0.15) is 18.1 Å². The van der Waals surface area contributed by atoms with Crippen molar-refractivity contribution in [1.29, 1.82) is 0 Å². The van der Waals surface area contributed by atoms with Crippen LogP contribution in [0.5, 0.6) is 5.75 Å². The fraction of sp³-hybridized carbons (Fsp3) is 0.167. The Morgan fingerprint density at radius 1 is 1.14 bits per heavy atom. The van der Waals surface area contributed by atoms with Gasteiger partial charge >= 0.3 is 5.97 Å². The Morgan fingerprint density at radius 3 is 2.45 bits per heavy atom. The molecule has 0 heterocycles. The highest BCUT2D eigenvalue weighted by atomic mass is 19.1. The molecular weight excluding hydrogens is 389 g/mol. The minimum absolute atomic E-state index is 0.0346. The normalized spacial score (nSPS) is 10.0. The summed E-state index contributed by atoms with van der Waals surface area (Å²) in [6.45, 7) is -1.19. The van der Waals surface area contributed by atoms with Crippen LogP contribution in [0.3, 0.4) is 0 Å². The number of hydrogen-bond acceptors (Lipinski definition) is 7. The van der Waals surface area contributed by atoms with Crippen molar-refractivity contribution in [1.82, 2.24) is 5.32 Å². The molecule has 0 aromatic heterocycles. The molecule has 2 rings (SSSR count). The first kappa shape index (κ1) is 21.3. The predicted molar refractivity (Wildman–Crippen MR) is 98.0 cm³/mol. The zero-order valence-electron chi connectivity index (χ0n) is 15.1. The van der Waals surface area contributed by atoms with E-state index in [9.17, 15) is 28.9 Å². The summed E-state index contributed by atoms with van der Waals surface area (Å²) >= 11 is 0. The number of esters is 1. The summed E-state index contributed by atoms with van der Waals surface area (Å²) in [5.74, 6) is -2.59. The van der Waals surface area contributed by atoms with Crippen LogP contribution in [0.4, 0.5) is 15.8 Å². The Hall–Kier alpha value is -4.02.